The molecule has 2 aromatic carbocycles. The van der Waals surface area contributed by atoms with Crippen molar-refractivity contribution in [3.63, 3.8) is 0 Å². The van der Waals surface area contributed by atoms with Crippen LogP contribution in [0.5, 0.6) is 0 Å². The van der Waals surface area contributed by atoms with Crippen molar-refractivity contribution in [3.05, 3.63) is 95.4 Å². The molecule has 180 valence electrons. The molecule has 3 heterocycles. The van der Waals surface area contributed by atoms with Crippen LogP contribution in [0.15, 0.2) is 77.4 Å². The number of rotatable bonds is 5. The lowest BCUT2D eigenvalue weighted by atomic mass is 10.1. The molecule has 0 N–H and O–H groups in total. The second kappa shape index (κ2) is 9.62. The molecule has 0 bridgehead atoms. The van der Waals surface area contributed by atoms with E-state index in [4.69, 9.17) is 16.0 Å². The minimum absolute atomic E-state index is 0.0621. The summed E-state index contributed by atoms with van der Waals surface area (Å²) in [6.45, 7) is 5.89. The Bertz CT molecular complexity index is 1340. The SMILES string of the molecule is Cc1ccc(Cn2c(C(=O)N3CCN(C(=O)[C@@H](Cl)c4ccccc4)[C@@H](C)C3)cc3ccoc32)cc1. The Kier molecular flexibility index (Phi) is 6.39. The van der Waals surface area contributed by atoms with E-state index in [-0.39, 0.29) is 17.9 Å². The van der Waals surface area contributed by atoms with Gasteiger partial charge in [-0.2, -0.15) is 0 Å². The van der Waals surface area contributed by atoms with Crippen LogP contribution in [0, 0.1) is 6.92 Å². The van der Waals surface area contributed by atoms with E-state index in [1.165, 1.54) is 5.56 Å². The van der Waals surface area contributed by atoms with Crippen LogP contribution in [0.3, 0.4) is 0 Å². The second-order valence-electron chi connectivity index (χ2n) is 9.19. The Labute approximate surface area is 209 Å². The Morgan fingerprint density at radius 2 is 1.80 bits per heavy atom. The molecule has 1 aliphatic heterocycles. The average molecular weight is 490 g/mol. The zero-order chi connectivity index (χ0) is 24.5. The third kappa shape index (κ3) is 4.58. The normalized spacial score (nSPS) is 17.1. The fourth-order valence-electron chi connectivity index (χ4n) is 4.73. The quantitative estimate of drug-likeness (QED) is 0.360. The number of furan rings is 1. The number of aromatic nitrogens is 1. The topological polar surface area (TPSA) is 58.7 Å². The summed E-state index contributed by atoms with van der Waals surface area (Å²) in [5.74, 6) is -0.189. The van der Waals surface area contributed by atoms with Crippen LogP contribution in [0.2, 0.25) is 0 Å². The number of aryl methyl sites for hydroxylation is 1. The van der Waals surface area contributed by atoms with Crippen molar-refractivity contribution < 1.29 is 14.0 Å². The first kappa shape index (κ1) is 23.2. The Hall–Kier alpha value is -3.51. The molecule has 0 radical (unpaired) electrons. The third-order valence-electron chi connectivity index (χ3n) is 6.69. The van der Waals surface area contributed by atoms with Crippen molar-refractivity contribution in [1.29, 1.82) is 0 Å². The van der Waals surface area contributed by atoms with Gasteiger partial charge in [0.15, 0.2) is 0 Å². The zero-order valence-electron chi connectivity index (χ0n) is 19.9. The minimum atomic E-state index is -0.737. The fraction of sp³-hybridized carbons (Fsp3) is 0.286. The Morgan fingerprint density at radius 1 is 1.06 bits per heavy atom. The molecule has 6 nitrogen and oxygen atoms in total. The molecule has 0 spiro atoms. The van der Waals surface area contributed by atoms with E-state index in [0.29, 0.717) is 37.6 Å². The van der Waals surface area contributed by atoms with E-state index in [1.54, 1.807) is 11.2 Å². The number of hydrogen-bond donors (Lipinski definition) is 0. The van der Waals surface area contributed by atoms with Crippen LogP contribution in [-0.2, 0) is 11.3 Å². The van der Waals surface area contributed by atoms with E-state index < -0.39 is 5.38 Å². The summed E-state index contributed by atoms with van der Waals surface area (Å²) in [6.07, 6.45) is 1.65. The standard InChI is InChI=1S/C28H28ClN3O3/c1-19-8-10-21(11-9-19)18-32-24(16-23-12-15-35-28(23)32)26(33)30-13-14-31(20(2)17-30)27(34)25(29)22-6-4-3-5-7-22/h3-12,15-16,20,25H,13-14,17-18H2,1-2H3/t20-,25-/m0/s1. The highest BCUT2D eigenvalue weighted by Gasteiger charge is 2.34. The van der Waals surface area contributed by atoms with Gasteiger partial charge >= 0.3 is 0 Å². The van der Waals surface area contributed by atoms with Gasteiger partial charge in [-0.15, -0.1) is 11.6 Å². The predicted molar refractivity (Wildman–Crippen MR) is 137 cm³/mol. The van der Waals surface area contributed by atoms with Crippen LogP contribution in [-0.4, -0.2) is 51.9 Å². The number of nitrogens with zero attached hydrogens (tertiary/aromatic N) is 3. The van der Waals surface area contributed by atoms with Gasteiger partial charge in [-0.05, 0) is 37.1 Å². The molecular formula is C28H28ClN3O3. The third-order valence-corrected chi connectivity index (χ3v) is 7.13. The summed E-state index contributed by atoms with van der Waals surface area (Å²) in [6, 6.07) is 21.3. The zero-order valence-corrected chi connectivity index (χ0v) is 20.6. The maximum absolute atomic E-state index is 13.6. The van der Waals surface area contributed by atoms with Gasteiger partial charge in [-0.25, -0.2) is 0 Å². The summed E-state index contributed by atoms with van der Waals surface area (Å²) in [7, 11) is 0. The van der Waals surface area contributed by atoms with Crippen LogP contribution in [0.1, 0.15) is 39.5 Å². The largest absolute Gasteiger partial charge is 0.448 e. The molecule has 1 saturated heterocycles. The van der Waals surface area contributed by atoms with Gasteiger partial charge in [-0.3, -0.25) is 9.59 Å². The number of fused-ring (bicyclic) bond motifs is 1. The van der Waals surface area contributed by atoms with Crippen LogP contribution in [0.25, 0.3) is 11.1 Å². The minimum Gasteiger partial charge on any atom is -0.448 e. The first-order chi connectivity index (χ1) is 16.9. The van der Waals surface area contributed by atoms with Crippen molar-refractivity contribution in [2.75, 3.05) is 19.6 Å². The lowest BCUT2D eigenvalue weighted by molar-refractivity contribution is -0.135. The molecule has 1 aliphatic rings. The number of alkyl halides is 1. The molecule has 0 unspecified atom stereocenters. The predicted octanol–water partition coefficient (Wildman–Crippen LogP) is 5.24. The fourth-order valence-corrected chi connectivity index (χ4v) is 5.00. The van der Waals surface area contributed by atoms with Crippen LogP contribution in [0.4, 0.5) is 0 Å². The summed E-state index contributed by atoms with van der Waals surface area (Å²) >= 11 is 6.50. The maximum Gasteiger partial charge on any atom is 0.270 e. The van der Waals surface area contributed by atoms with Crippen molar-refractivity contribution >= 4 is 34.5 Å². The molecule has 2 atom stereocenters. The lowest BCUT2D eigenvalue weighted by Crippen LogP contribution is -2.56. The van der Waals surface area contributed by atoms with Crippen molar-refractivity contribution in [1.82, 2.24) is 14.4 Å². The van der Waals surface area contributed by atoms with Crippen molar-refractivity contribution in [3.8, 4) is 0 Å². The molecule has 7 heteroatoms. The molecule has 4 aromatic rings. The number of piperazine rings is 1. The number of halogens is 1. The average Bonchev–Trinajstić information content (AvgIpc) is 3.47. The molecule has 0 saturated carbocycles. The smallest absolute Gasteiger partial charge is 0.270 e. The Morgan fingerprint density at radius 3 is 2.51 bits per heavy atom. The van der Waals surface area contributed by atoms with E-state index in [9.17, 15) is 9.59 Å². The molecule has 2 aromatic heterocycles. The highest BCUT2D eigenvalue weighted by atomic mass is 35.5. The second-order valence-corrected chi connectivity index (χ2v) is 9.62. The summed E-state index contributed by atoms with van der Waals surface area (Å²) in [4.78, 5) is 30.3. The highest BCUT2D eigenvalue weighted by Crippen LogP contribution is 2.27. The van der Waals surface area contributed by atoms with E-state index in [2.05, 4.69) is 31.2 Å². The Balaban J connectivity index is 1.33. The molecular weight excluding hydrogens is 462 g/mol. The van der Waals surface area contributed by atoms with Gasteiger partial charge in [0, 0.05) is 31.1 Å². The maximum atomic E-state index is 13.6. The highest BCUT2D eigenvalue weighted by molar-refractivity contribution is 6.30. The van der Waals surface area contributed by atoms with E-state index >= 15 is 0 Å². The number of amides is 2. The lowest BCUT2D eigenvalue weighted by Gasteiger charge is -2.40. The van der Waals surface area contributed by atoms with Gasteiger partial charge in [0.25, 0.3) is 5.91 Å². The number of carbonyl (C=O) groups excluding carboxylic acids is 2. The van der Waals surface area contributed by atoms with Crippen molar-refractivity contribution in [2.45, 2.75) is 31.8 Å². The van der Waals surface area contributed by atoms with Crippen LogP contribution < -0.4 is 0 Å². The first-order valence-corrected chi connectivity index (χ1v) is 12.3. The monoisotopic (exact) mass is 489 g/mol. The van der Waals surface area contributed by atoms with Gasteiger partial charge in [0.05, 0.1) is 12.8 Å². The molecule has 0 aliphatic carbocycles. The van der Waals surface area contributed by atoms with Gasteiger partial charge < -0.3 is 18.8 Å². The summed E-state index contributed by atoms with van der Waals surface area (Å²) in [5.41, 5.74) is 4.33. The summed E-state index contributed by atoms with van der Waals surface area (Å²) < 4.78 is 7.67. The summed E-state index contributed by atoms with van der Waals surface area (Å²) in [5, 5.41) is 0.162. The van der Waals surface area contributed by atoms with Gasteiger partial charge in [0.1, 0.15) is 11.1 Å². The van der Waals surface area contributed by atoms with Gasteiger partial charge in [-0.1, -0.05) is 60.2 Å². The molecule has 35 heavy (non-hydrogen) atoms. The molecule has 2 amide bonds. The van der Waals surface area contributed by atoms with E-state index in [1.807, 2.05) is 58.9 Å². The molecule has 5 rings (SSSR count). The van der Waals surface area contributed by atoms with Gasteiger partial charge in [0.2, 0.25) is 11.6 Å². The van der Waals surface area contributed by atoms with Crippen molar-refractivity contribution in [2.24, 2.45) is 0 Å². The number of benzene rings is 2. The molecule has 1 fully saturated rings. The first-order valence-electron chi connectivity index (χ1n) is 11.8. The van der Waals surface area contributed by atoms with Crippen LogP contribution >= 0.6 is 11.6 Å². The number of hydrogen-bond acceptors (Lipinski definition) is 3. The number of carbonyl (C=O) groups is 2. The van der Waals surface area contributed by atoms with E-state index in [0.717, 1.165) is 16.5 Å².